The van der Waals surface area contributed by atoms with Gasteiger partial charge in [-0.1, -0.05) is 6.07 Å². The number of carbonyl (C=O) groups excluding carboxylic acids is 2. The van der Waals surface area contributed by atoms with Crippen LogP contribution in [0, 0.1) is 15.9 Å². The molecule has 0 saturated carbocycles. The van der Waals surface area contributed by atoms with Gasteiger partial charge in [0.25, 0.3) is 0 Å². The highest BCUT2D eigenvalue weighted by molar-refractivity contribution is 6.03. The molecule has 1 atom stereocenters. The molecule has 9 nitrogen and oxygen atoms in total. The summed E-state index contributed by atoms with van der Waals surface area (Å²) in [5, 5.41) is 14.5. The Morgan fingerprint density at radius 1 is 1.17 bits per heavy atom. The van der Waals surface area contributed by atoms with Crippen LogP contribution in [0.5, 0.6) is 11.5 Å². The topological polar surface area (TPSA) is 117 Å². The van der Waals surface area contributed by atoms with Crippen molar-refractivity contribution in [3.63, 3.8) is 0 Å². The van der Waals surface area contributed by atoms with Gasteiger partial charge in [0, 0.05) is 47.0 Å². The Kier molecular flexibility index (Phi) is 7.05. The smallest absolute Gasteiger partial charge is 0.336 e. The number of allylic oxidation sites excluding steroid dienone is 3. The van der Waals surface area contributed by atoms with Gasteiger partial charge in [0.15, 0.2) is 11.5 Å². The first-order chi connectivity index (χ1) is 17.2. The number of hydrogen-bond acceptors (Lipinski definition) is 8. The van der Waals surface area contributed by atoms with Gasteiger partial charge in [0.05, 0.1) is 24.7 Å². The Bertz CT molecular complexity index is 1320. The molecule has 0 bridgehead atoms. The largest absolute Gasteiger partial charge is 0.496 e. The Hall–Kier alpha value is -4.21. The van der Waals surface area contributed by atoms with Crippen LogP contribution in [-0.2, 0) is 20.9 Å². The molecule has 10 heteroatoms. The van der Waals surface area contributed by atoms with Crippen molar-refractivity contribution >= 4 is 17.4 Å². The lowest BCUT2D eigenvalue weighted by Crippen LogP contribution is -2.34. The van der Waals surface area contributed by atoms with E-state index < -0.39 is 22.6 Å². The van der Waals surface area contributed by atoms with E-state index in [4.69, 9.17) is 14.2 Å². The van der Waals surface area contributed by atoms with Crippen molar-refractivity contribution in [1.29, 1.82) is 0 Å². The molecule has 2 aliphatic rings. The molecule has 0 radical (unpaired) electrons. The molecule has 0 saturated heterocycles. The van der Waals surface area contributed by atoms with Gasteiger partial charge in [-0.3, -0.25) is 14.9 Å². The van der Waals surface area contributed by atoms with Crippen molar-refractivity contribution in [3.8, 4) is 11.5 Å². The molecule has 188 valence electrons. The standard InChI is InChI=1S/C26H25FN2O7/c1-14-23(26(31)35-3)24(25-18(28-14)5-4-6-20(25)30)15-7-10-21(34-2)16(11-15)13-36-22-12-17(27)8-9-19(22)29(32)33/h7-12,24,28H,4-6,13H2,1-3H3/t24-/m0/s1. The number of rotatable bonds is 7. The molecule has 0 aromatic heterocycles. The minimum Gasteiger partial charge on any atom is -0.496 e. The summed E-state index contributed by atoms with van der Waals surface area (Å²) in [7, 11) is 2.74. The molecule has 0 fully saturated rings. The number of carbonyl (C=O) groups is 2. The predicted molar refractivity (Wildman–Crippen MR) is 127 cm³/mol. The first kappa shape index (κ1) is 24.9. The Balaban J connectivity index is 1.77. The first-order valence-corrected chi connectivity index (χ1v) is 11.3. The van der Waals surface area contributed by atoms with Crippen molar-refractivity contribution in [2.24, 2.45) is 0 Å². The van der Waals surface area contributed by atoms with Crippen LogP contribution in [0.25, 0.3) is 0 Å². The summed E-state index contributed by atoms with van der Waals surface area (Å²) in [6, 6.07) is 8.12. The molecule has 1 heterocycles. The second-order valence-corrected chi connectivity index (χ2v) is 8.49. The number of hydrogen-bond donors (Lipinski definition) is 1. The number of methoxy groups -OCH3 is 2. The molecule has 1 aliphatic heterocycles. The summed E-state index contributed by atoms with van der Waals surface area (Å²) in [6.07, 6.45) is 1.77. The highest BCUT2D eigenvalue weighted by Crippen LogP contribution is 2.43. The SMILES string of the molecule is COC(=O)C1=C(C)NC2=C(C(=O)CCC2)[C@H]1c1ccc(OC)c(COc2cc(F)ccc2[N+](=O)[O-])c1. The van der Waals surface area contributed by atoms with Gasteiger partial charge >= 0.3 is 11.7 Å². The second-order valence-electron chi connectivity index (χ2n) is 8.49. The number of dihydropyridines is 1. The minimum atomic E-state index is -0.676. The minimum absolute atomic E-state index is 0.0494. The number of ether oxygens (including phenoxy) is 3. The maximum atomic E-state index is 13.8. The van der Waals surface area contributed by atoms with E-state index in [1.165, 1.54) is 14.2 Å². The van der Waals surface area contributed by atoms with E-state index in [1.807, 2.05) is 0 Å². The van der Waals surface area contributed by atoms with Gasteiger partial charge in [0.1, 0.15) is 18.2 Å². The van der Waals surface area contributed by atoms with E-state index in [0.717, 1.165) is 23.9 Å². The van der Waals surface area contributed by atoms with Crippen LogP contribution in [0.4, 0.5) is 10.1 Å². The van der Waals surface area contributed by atoms with Gasteiger partial charge in [-0.25, -0.2) is 9.18 Å². The van der Waals surface area contributed by atoms with Gasteiger partial charge in [-0.15, -0.1) is 0 Å². The predicted octanol–water partition coefficient (Wildman–Crippen LogP) is 4.46. The highest BCUT2D eigenvalue weighted by atomic mass is 19.1. The Morgan fingerprint density at radius 3 is 2.64 bits per heavy atom. The maximum absolute atomic E-state index is 13.8. The van der Waals surface area contributed by atoms with E-state index in [9.17, 15) is 24.1 Å². The third kappa shape index (κ3) is 4.66. The van der Waals surface area contributed by atoms with E-state index >= 15 is 0 Å². The number of nitro benzene ring substituents is 1. The molecule has 0 unspecified atom stereocenters. The zero-order valence-electron chi connectivity index (χ0n) is 20.1. The molecule has 2 aromatic rings. The summed E-state index contributed by atoms with van der Waals surface area (Å²) < 4.78 is 29.9. The second kappa shape index (κ2) is 10.2. The Morgan fingerprint density at radius 2 is 1.94 bits per heavy atom. The van der Waals surface area contributed by atoms with Gasteiger partial charge in [0.2, 0.25) is 0 Å². The molecule has 2 aromatic carbocycles. The quantitative estimate of drug-likeness (QED) is 0.339. The third-order valence-corrected chi connectivity index (χ3v) is 6.32. The number of ketones is 1. The number of Topliss-reactive ketones (excluding diaryl/α,β-unsaturated/α-hetero) is 1. The summed E-state index contributed by atoms with van der Waals surface area (Å²) in [5.41, 5.74) is 2.98. The van der Waals surface area contributed by atoms with Crippen molar-refractivity contribution in [1.82, 2.24) is 5.32 Å². The molecule has 0 amide bonds. The van der Waals surface area contributed by atoms with Crippen molar-refractivity contribution in [2.45, 2.75) is 38.7 Å². The fourth-order valence-electron chi connectivity index (χ4n) is 4.70. The normalized spacial score (nSPS) is 17.3. The van der Waals surface area contributed by atoms with Crippen molar-refractivity contribution < 1.29 is 33.1 Å². The number of nitrogens with one attached hydrogen (secondary N) is 1. The summed E-state index contributed by atoms with van der Waals surface area (Å²) in [4.78, 5) is 36.5. The number of nitro groups is 1. The average molecular weight is 496 g/mol. The van der Waals surface area contributed by atoms with Crippen molar-refractivity contribution in [3.05, 3.63) is 86.0 Å². The van der Waals surface area contributed by atoms with Crippen LogP contribution in [-0.4, -0.2) is 30.9 Å². The maximum Gasteiger partial charge on any atom is 0.336 e. The Labute approximate surface area is 206 Å². The summed E-state index contributed by atoms with van der Waals surface area (Å²) >= 11 is 0. The van der Waals surface area contributed by atoms with Gasteiger partial charge in [-0.2, -0.15) is 0 Å². The fraction of sp³-hybridized carbons (Fsp3) is 0.308. The molecule has 1 aliphatic carbocycles. The lowest BCUT2D eigenvalue weighted by Gasteiger charge is -2.34. The van der Waals surface area contributed by atoms with Crippen LogP contribution in [0.1, 0.15) is 43.2 Å². The molecular formula is C26H25FN2O7. The first-order valence-electron chi connectivity index (χ1n) is 11.3. The molecule has 0 spiro atoms. The van der Waals surface area contributed by atoms with Crippen LogP contribution in [0.3, 0.4) is 0 Å². The molecule has 36 heavy (non-hydrogen) atoms. The van der Waals surface area contributed by atoms with Gasteiger partial charge in [-0.05, 0) is 43.5 Å². The fourth-order valence-corrected chi connectivity index (χ4v) is 4.70. The lowest BCUT2D eigenvalue weighted by molar-refractivity contribution is -0.386. The number of benzene rings is 2. The van der Waals surface area contributed by atoms with Crippen LogP contribution in [0.15, 0.2) is 58.9 Å². The molecule has 1 N–H and O–H groups in total. The molecule has 4 rings (SSSR count). The van der Waals surface area contributed by atoms with Gasteiger partial charge < -0.3 is 19.5 Å². The van der Waals surface area contributed by atoms with Crippen LogP contribution in [0.2, 0.25) is 0 Å². The van der Waals surface area contributed by atoms with Crippen LogP contribution >= 0.6 is 0 Å². The van der Waals surface area contributed by atoms with Crippen LogP contribution < -0.4 is 14.8 Å². The zero-order chi connectivity index (χ0) is 26.0. The van der Waals surface area contributed by atoms with Crippen molar-refractivity contribution in [2.75, 3.05) is 14.2 Å². The number of nitrogens with zero attached hydrogens (tertiary/aromatic N) is 1. The highest BCUT2D eigenvalue weighted by Gasteiger charge is 2.39. The average Bonchev–Trinajstić information content (AvgIpc) is 2.86. The van der Waals surface area contributed by atoms with E-state index in [1.54, 1.807) is 25.1 Å². The summed E-state index contributed by atoms with van der Waals surface area (Å²) in [5.74, 6) is -1.76. The zero-order valence-corrected chi connectivity index (χ0v) is 20.1. The van der Waals surface area contributed by atoms with E-state index in [2.05, 4.69) is 5.32 Å². The summed E-state index contributed by atoms with van der Waals surface area (Å²) in [6.45, 7) is 1.58. The lowest BCUT2D eigenvalue weighted by atomic mass is 9.75. The molecular weight excluding hydrogens is 471 g/mol. The third-order valence-electron chi connectivity index (χ3n) is 6.32. The number of esters is 1. The van der Waals surface area contributed by atoms with E-state index in [-0.39, 0.29) is 23.8 Å². The van der Waals surface area contributed by atoms with E-state index in [0.29, 0.717) is 53.0 Å². The monoisotopic (exact) mass is 496 g/mol. The number of halogens is 1.